The van der Waals surface area contributed by atoms with Gasteiger partial charge < -0.3 is 14.6 Å². The highest BCUT2D eigenvalue weighted by Crippen LogP contribution is 2.18. The van der Waals surface area contributed by atoms with E-state index in [1.807, 2.05) is 0 Å². The van der Waals surface area contributed by atoms with Crippen LogP contribution in [0.5, 0.6) is 5.75 Å². The summed E-state index contributed by atoms with van der Waals surface area (Å²) in [4.78, 5) is 47.0. The van der Waals surface area contributed by atoms with Crippen LogP contribution < -0.4 is 15.2 Å². The number of hydrogen-bond donors (Lipinski definition) is 1. The van der Waals surface area contributed by atoms with Crippen LogP contribution in [0.15, 0.2) is 42.5 Å². The minimum absolute atomic E-state index is 0.0376. The molecule has 0 saturated carbocycles. The topological polar surface area (TPSA) is 116 Å². The number of carboxylic acid groups (broad SMARTS) is 1. The summed E-state index contributed by atoms with van der Waals surface area (Å²) in [5, 5.41) is 12.5. The van der Waals surface area contributed by atoms with Crippen LogP contribution in [0.1, 0.15) is 5.56 Å². The average Bonchev–Trinajstić information content (AvgIpc) is 2.54. The number of ether oxygens (including phenoxy) is 1. The van der Waals surface area contributed by atoms with Crippen LogP contribution in [0, 0.1) is 0 Å². The van der Waals surface area contributed by atoms with Crippen molar-refractivity contribution in [2.75, 3.05) is 13.2 Å². The maximum Gasteiger partial charge on any atom is 0.331 e. The number of imide groups is 2. The van der Waals surface area contributed by atoms with Crippen molar-refractivity contribution >= 4 is 29.9 Å². The standard InChI is InChI=1S/C16H14N2O6/c1-2-6-18-15(22)12(14(21)17-16(18)23)8-10-4-3-5-11(7-10)24-9-13(19)20/h2-5,7-8H,1,6,9H2,(H,19,20)(H,17,21,23)/p-1/b12-8-. The Labute approximate surface area is 137 Å². The molecule has 1 heterocycles. The quantitative estimate of drug-likeness (QED) is 0.426. The fourth-order valence-corrected chi connectivity index (χ4v) is 1.99. The molecule has 0 bridgehead atoms. The van der Waals surface area contributed by atoms with Gasteiger partial charge >= 0.3 is 6.03 Å². The highest BCUT2D eigenvalue weighted by molar-refractivity contribution is 6.31. The maximum absolute atomic E-state index is 12.3. The molecule has 0 aromatic heterocycles. The van der Waals surface area contributed by atoms with Crippen molar-refractivity contribution < 1.29 is 29.0 Å². The predicted molar refractivity (Wildman–Crippen MR) is 80.4 cm³/mol. The number of hydrogen-bond acceptors (Lipinski definition) is 6. The molecule has 8 heteroatoms. The molecule has 2 rings (SSSR count). The van der Waals surface area contributed by atoms with Crippen LogP contribution in [-0.4, -0.2) is 41.9 Å². The zero-order valence-corrected chi connectivity index (χ0v) is 12.5. The van der Waals surface area contributed by atoms with E-state index in [2.05, 4.69) is 11.9 Å². The second-order valence-electron chi connectivity index (χ2n) is 4.75. The first-order valence-electron chi connectivity index (χ1n) is 6.85. The molecule has 1 fully saturated rings. The molecule has 4 amide bonds. The van der Waals surface area contributed by atoms with Gasteiger partial charge in [0.15, 0.2) is 0 Å². The lowest BCUT2D eigenvalue weighted by Crippen LogP contribution is -2.54. The summed E-state index contributed by atoms with van der Waals surface area (Å²) in [6.07, 6.45) is 2.64. The summed E-state index contributed by atoms with van der Waals surface area (Å²) in [6.45, 7) is 2.79. The highest BCUT2D eigenvalue weighted by Gasteiger charge is 2.34. The second kappa shape index (κ2) is 7.23. The van der Waals surface area contributed by atoms with Crippen LogP contribution in [0.2, 0.25) is 0 Å². The van der Waals surface area contributed by atoms with Gasteiger partial charge in [0, 0.05) is 6.54 Å². The SMILES string of the molecule is C=CCN1C(=O)NC(=O)/C(=C/c2cccc(OCC(=O)[O-])c2)C1=O. The number of benzene rings is 1. The largest absolute Gasteiger partial charge is 0.546 e. The van der Waals surface area contributed by atoms with Crippen molar-refractivity contribution in [3.8, 4) is 5.75 Å². The third-order valence-electron chi connectivity index (χ3n) is 3.02. The fraction of sp³-hybridized carbons (Fsp3) is 0.125. The molecular weight excluding hydrogens is 316 g/mol. The number of aliphatic carboxylic acids is 1. The summed E-state index contributed by atoms with van der Waals surface area (Å²) >= 11 is 0. The van der Waals surface area contributed by atoms with Crippen LogP contribution in [0.25, 0.3) is 6.08 Å². The first-order valence-corrected chi connectivity index (χ1v) is 6.85. The lowest BCUT2D eigenvalue weighted by Gasteiger charge is -2.25. The van der Waals surface area contributed by atoms with E-state index in [-0.39, 0.29) is 17.9 Å². The van der Waals surface area contributed by atoms with E-state index in [1.54, 1.807) is 12.1 Å². The average molecular weight is 329 g/mol. The molecular formula is C16H13N2O6-. The van der Waals surface area contributed by atoms with Crippen molar-refractivity contribution in [3.05, 3.63) is 48.1 Å². The minimum atomic E-state index is -1.38. The molecule has 124 valence electrons. The van der Waals surface area contributed by atoms with Crippen molar-refractivity contribution in [1.82, 2.24) is 10.2 Å². The van der Waals surface area contributed by atoms with E-state index >= 15 is 0 Å². The number of carbonyl (C=O) groups is 4. The molecule has 1 aliphatic rings. The van der Waals surface area contributed by atoms with Crippen LogP contribution in [0.4, 0.5) is 4.79 Å². The van der Waals surface area contributed by atoms with Gasteiger partial charge in [0.05, 0.1) is 5.97 Å². The van der Waals surface area contributed by atoms with Gasteiger partial charge in [-0.25, -0.2) is 4.79 Å². The Morgan fingerprint density at radius 3 is 2.75 bits per heavy atom. The number of barbiturate groups is 1. The van der Waals surface area contributed by atoms with E-state index in [1.165, 1.54) is 24.3 Å². The summed E-state index contributed by atoms with van der Waals surface area (Å²) in [7, 11) is 0. The molecule has 1 aromatic rings. The predicted octanol–water partition coefficient (Wildman–Crippen LogP) is -0.537. The van der Waals surface area contributed by atoms with Gasteiger partial charge in [-0.15, -0.1) is 6.58 Å². The maximum atomic E-state index is 12.3. The zero-order chi connectivity index (χ0) is 17.7. The smallest absolute Gasteiger partial charge is 0.331 e. The van der Waals surface area contributed by atoms with Crippen LogP contribution in [0.3, 0.4) is 0 Å². The van der Waals surface area contributed by atoms with Crippen LogP contribution in [-0.2, 0) is 14.4 Å². The van der Waals surface area contributed by atoms with Crippen molar-refractivity contribution in [1.29, 1.82) is 0 Å². The van der Waals surface area contributed by atoms with Crippen molar-refractivity contribution in [2.24, 2.45) is 0 Å². The lowest BCUT2D eigenvalue weighted by atomic mass is 10.1. The zero-order valence-electron chi connectivity index (χ0n) is 12.5. The number of amides is 4. The van der Waals surface area contributed by atoms with Gasteiger partial charge in [0.25, 0.3) is 11.8 Å². The summed E-state index contributed by atoms with van der Waals surface area (Å²) < 4.78 is 4.97. The Balaban J connectivity index is 2.28. The van der Waals surface area contributed by atoms with E-state index in [0.29, 0.717) is 5.56 Å². The molecule has 24 heavy (non-hydrogen) atoms. The molecule has 0 atom stereocenters. The summed E-state index contributed by atoms with van der Waals surface area (Å²) in [5.41, 5.74) is 0.200. The molecule has 1 aromatic carbocycles. The second-order valence-corrected chi connectivity index (χ2v) is 4.75. The molecule has 8 nitrogen and oxygen atoms in total. The van der Waals surface area contributed by atoms with Gasteiger partial charge in [-0.1, -0.05) is 18.2 Å². The van der Waals surface area contributed by atoms with Gasteiger partial charge in [-0.3, -0.25) is 19.8 Å². The monoisotopic (exact) mass is 329 g/mol. The third kappa shape index (κ3) is 3.86. The number of urea groups is 1. The highest BCUT2D eigenvalue weighted by atomic mass is 16.5. The fourth-order valence-electron chi connectivity index (χ4n) is 1.99. The number of rotatable bonds is 6. The van der Waals surface area contributed by atoms with Gasteiger partial charge in [0.2, 0.25) is 0 Å². The first-order chi connectivity index (χ1) is 11.4. The number of carbonyl (C=O) groups excluding carboxylic acids is 4. The van der Waals surface area contributed by atoms with Crippen molar-refractivity contribution in [3.63, 3.8) is 0 Å². The molecule has 0 aliphatic carbocycles. The molecule has 0 spiro atoms. The lowest BCUT2D eigenvalue weighted by molar-refractivity contribution is -0.307. The molecule has 1 N–H and O–H groups in total. The Kier molecular flexibility index (Phi) is 5.10. The van der Waals surface area contributed by atoms with E-state index in [0.717, 1.165) is 4.90 Å². The van der Waals surface area contributed by atoms with Crippen molar-refractivity contribution in [2.45, 2.75) is 0 Å². The number of nitrogens with zero attached hydrogens (tertiary/aromatic N) is 1. The normalized spacial score (nSPS) is 16.1. The summed E-state index contributed by atoms with van der Waals surface area (Å²) in [6, 6.07) is 5.31. The number of carboxylic acids is 1. The van der Waals surface area contributed by atoms with E-state index < -0.39 is 30.4 Å². The molecule has 0 radical (unpaired) electrons. The van der Waals surface area contributed by atoms with E-state index in [4.69, 9.17) is 4.74 Å². The number of nitrogens with one attached hydrogen (secondary N) is 1. The minimum Gasteiger partial charge on any atom is -0.546 e. The molecule has 0 unspecified atom stereocenters. The van der Waals surface area contributed by atoms with Gasteiger partial charge in [-0.2, -0.15) is 0 Å². The van der Waals surface area contributed by atoms with E-state index in [9.17, 15) is 24.3 Å². The molecule has 1 saturated heterocycles. The first kappa shape index (κ1) is 16.9. The molecule has 1 aliphatic heterocycles. The van der Waals surface area contributed by atoms with Gasteiger partial charge in [0.1, 0.15) is 17.9 Å². The van der Waals surface area contributed by atoms with Gasteiger partial charge in [-0.05, 0) is 23.8 Å². The Morgan fingerprint density at radius 1 is 1.33 bits per heavy atom. The Hall–Kier alpha value is -3.42. The Morgan fingerprint density at radius 2 is 2.08 bits per heavy atom. The summed E-state index contributed by atoms with van der Waals surface area (Å²) in [5.74, 6) is -2.70. The Bertz CT molecular complexity index is 753. The van der Waals surface area contributed by atoms with Crippen LogP contribution >= 0.6 is 0 Å². The third-order valence-corrected chi connectivity index (χ3v) is 3.02.